The number of pyridine rings is 1. The first kappa shape index (κ1) is 19.6. The van der Waals surface area contributed by atoms with Gasteiger partial charge in [-0.15, -0.1) is 0 Å². The molecule has 6 heteroatoms. The van der Waals surface area contributed by atoms with Gasteiger partial charge in [-0.3, -0.25) is 0 Å². The lowest BCUT2D eigenvalue weighted by atomic mass is 9.99. The molecule has 0 saturated carbocycles. The average Bonchev–Trinajstić information content (AvgIpc) is 3.24. The molecule has 4 aromatic rings. The van der Waals surface area contributed by atoms with Crippen molar-refractivity contribution in [2.75, 3.05) is 18.5 Å². The number of fused-ring (bicyclic) bond motifs is 3. The topological polar surface area (TPSA) is 52.0 Å². The molecule has 2 aromatic carbocycles. The van der Waals surface area contributed by atoms with Gasteiger partial charge >= 0.3 is 0 Å². The van der Waals surface area contributed by atoms with E-state index in [0.29, 0.717) is 5.92 Å². The third-order valence-electron chi connectivity index (χ3n) is 6.30. The van der Waals surface area contributed by atoms with Gasteiger partial charge in [0.25, 0.3) is 0 Å². The molecule has 0 aliphatic carbocycles. The molecule has 6 rings (SSSR count). The summed E-state index contributed by atoms with van der Waals surface area (Å²) in [6.07, 6.45) is 6.01. The molecule has 1 fully saturated rings. The van der Waals surface area contributed by atoms with Crippen LogP contribution in [0.1, 0.15) is 24.0 Å². The molecule has 1 N–H and O–H groups in total. The van der Waals surface area contributed by atoms with E-state index in [0.717, 1.165) is 71.7 Å². The van der Waals surface area contributed by atoms with E-state index in [9.17, 15) is 0 Å². The van der Waals surface area contributed by atoms with Crippen LogP contribution < -0.4 is 5.32 Å². The zero-order valence-corrected chi connectivity index (χ0v) is 18.6. The Hall–Kier alpha value is -3.09. The fourth-order valence-electron chi connectivity index (χ4n) is 4.44. The Kier molecular flexibility index (Phi) is 4.97. The second-order valence-electron chi connectivity index (χ2n) is 8.43. The summed E-state index contributed by atoms with van der Waals surface area (Å²) >= 11 is 1.79. The number of nitrogens with one attached hydrogen (secondary N) is 1. The van der Waals surface area contributed by atoms with Crippen molar-refractivity contribution < 1.29 is 4.74 Å². The number of rotatable bonds is 4. The number of ether oxygens (including phenoxy) is 1. The van der Waals surface area contributed by atoms with Crippen LogP contribution in [0.15, 0.2) is 77.3 Å². The molecule has 2 aliphatic rings. The van der Waals surface area contributed by atoms with E-state index in [-0.39, 0.29) is 0 Å². The van der Waals surface area contributed by atoms with Crippen molar-refractivity contribution in [3.05, 3.63) is 78.6 Å². The van der Waals surface area contributed by atoms with Crippen molar-refractivity contribution in [2.45, 2.75) is 29.2 Å². The molecule has 0 atom stereocenters. The minimum atomic E-state index is 0.606. The minimum absolute atomic E-state index is 0.606. The maximum atomic E-state index is 5.48. The van der Waals surface area contributed by atoms with Crippen molar-refractivity contribution in [1.29, 1.82) is 0 Å². The molecule has 4 heterocycles. The summed E-state index contributed by atoms with van der Waals surface area (Å²) in [5.41, 5.74) is 6.27. The Morgan fingerprint density at radius 2 is 1.88 bits per heavy atom. The summed E-state index contributed by atoms with van der Waals surface area (Å²) < 4.78 is 7.52. The average molecular weight is 441 g/mol. The molecular formula is C26H24N4OS. The second kappa shape index (κ2) is 8.11. The first-order valence-electron chi connectivity index (χ1n) is 11.0. The van der Waals surface area contributed by atoms with Gasteiger partial charge in [0.2, 0.25) is 0 Å². The van der Waals surface area contributed by atoms with Gasteiger partial charge in [0.15, 0.2) is 5.65 Å². The minimum Gasteiger partial charge on any atom is -0.381 e. The number of anilines is 2. The second-order valence-corrected chi connectivity index (χ2v) is 9.52. The highest BCUT2D eigenvalue weighted by Gasteiger charge is 2.18. The third kappa shape index (κ3) is 3.59. The summed E-state index contributed by atoms with van der Waals surface area (Å²) in [6, 6.07) is 17.0. The number of hydrogen-bond acceptors (Lipinski definition) is 5. The molecule has 0 amide bonds. The van der Waals surface area contributed by atoms with E-state index >= 15 is 0 Å². The molecule has 32 heavy (non-hydrogen) atoms. The van der Waals surface area contributed by atoms with Crippen LogP contribution in [0.25, 0.3) is 16.6 Å². The van der Waals surface area contributed by atoms with Crippen molar-refractivity contribution in [3.8, 4) is 0 Å². The lowest BCUT2D eigenvalue weighted by molar-refractivity contribution is 0.0605. The van der Waals surface area contributed by atoms with Gasteiger partial charge in [-0.1, -0.05) is 36.5 Å². The standard InChI is InChI=1S/C26H24N4OS/c1-17(19-6-7-25-23(13-19)29-22-4-2-3-5-24(22)32-25)20-12-21-15-28-30(26(21)27-14-20)16-18-8-10-31-11-9-18/h2-7,12-15,18,29H,1,8-11,16H2. The molecule has 0 bridgehead atoms. The van der Waals surface area contributed by atoms with Crippen LogP contribution in [0.3, 0.4) is 0 Å². The van der Waals surface area contributed by atoms with E-state index < -0.39 is 0 Å². The Bertz CT molecular complexity index is 1320. The summed E-state index contributed by atoms with van der Waals surface area (Å²) in [6.45, 7) is 6.97. The van der Waals surface area contributed by atoms with E-state index in [4.69, 9.17) is 9.72 Å². The van der Waals surface area contributed by atoms with Gasteiger partial charge < -0.3 is 10.1 Å². The fraction of sp³-hybridized carbons (Fsp3) is 0.231. The van der Waals surface area contributed by atoms with Crippen molar-refractivity contribution >= 4 is 39.7 Å². The Balaban J connectivity index is 1.25. The molecule has 160 valence electrons. The molecule has 0 spiro atoms. The Morgan fingerprint density at radius 3 is 2.78 bits per heavy atom. The smallest absolute Gasteiger partial charge is 0.157 e. The molecule has 0 radical (unpaired) electrons. The summed E-state index contributed by atoms with van der Waals surface area (Å²) in [4.78, 5) is 7.23. The molecule has 0 unspecified atom stereocenters. The lowest BCUT2D eigenvalue weighted by Gasteiger charge is -2.22. The largest absolute Gasteiger partial charge is 0.381 e. The number of benzene rings is 2. The van der Waals surface area contributed by atoms with Crippen molar-refractivity contribution in [1.82, 2.24) is 14.8 Å². The van der Waals surface area contributed by atoms with Crippen LogP contribution in [0, 0.1) is 5.92 Å². The first-order valence-corrected chi connectivity index (χ1v) is 11.8. The number of nitrogens with zero attached hydrogens (tertiary/aromatic N) is 3. The Labute approximate surface area is 191 Å². The van der Waals surface area contributed by atoms with Crippen LogP contribution in [0.4, 0.5) is 11.4 Å². The first-order chi connectivity index (χ1) is 15.7. The molecule has 2 aromatic heterocycles. The molecule has 2 aliphatic heterocycles. The van der Waals surface area contributed by atoms with Crippen LogP contribution in [0.2, 0.25) is 0 Å². The van der Waals surface area contributed by atoms with E-state index in [1.807, 2.05) is 17.1 Å². The monoisotopic (exact) mass is 440 g/mol. The molecule has 1 saturated heterocycles. The summed E-state index contributed by atoms with van der Waals surface area (Å²) in [5.74, 6) is 0.606. The van der Waals surface area contributed by atoms with Gasteiger partial charge in [-0.25, -0.2) is 9.67 Å². The number of aromatic nitrogens is 3. The van der Waals surface area contributed by atoms with Gasteiger partial charge in [0.1, 0.15) is 0 Å². The quantitative estimate of drug-likeness (QED) is 0.364. The lowest BCUT2D eigenvalue weighted by Crippen LogP contribution is -2.21. The van der Waals surface area contributed by atoms with Crippen LogP contribution >= 0.6 is 11.8 Å². The van der Waals surface area contributed by atoms with E-state index in [1.54, 1.807) is 11.8 Å². The molecule has 5 nitrogen and oxygen atoms in total. The fourth-order valence-corrected chi connectivity index (χ4v) is 5.41. The third-order valence-corrected chi connectivity index (χ3v) is 7.45. The maximum Gasteiger partial charge on any atom is 0.157 e. The van der Waals surface area contributed by atoms with Crippen LogP contribution in [-0.2, 0) is 11.3 Å². The van der Waals surface area contributed by atoms with Crippen LogP contribution in [-0.4, -0.2) is 28.0 Å². The highest BCUT2D eigenvalue weighted by Crippen LogP contribution is 2.44. The van der Waals surface area contributed by atoms with Crippen molar-refractivity contribution in [3.63, 3.8) is 0 Å². The summed E-state index contributed by atoms with van der Waals surface area (Å²) in [7, 11) is 0. The number of para-hydroxylation sites is 1. The van der Waals surface area contributed by atoms with Gasteiger partial charge in [-0.2, -0.15) is 5.10 Å². The highest BCUT2D eigenvalue weighted by molar-refractivity contribution is 7.99. The maximum absolute atomic E-state index is 5.48. The van der Waals surface area contributed by atoms with Gasteiger partial charge in [-0.05, 0) is 60.2 Å². The van der Waals surface area contributed by atoms with Crippen molar-refractivity contribution in [2.24, 2.45) is 5.92 Å². The normalized spacial score (nSPS) is 15.8. The Morgan fingerprint density at radius 1 is 1.03 bits per heavy atom. The highest BCUT2D eigenvalue weighted by atomic mass is 32.2. The predicted molar refractivity (Wildman–Crippen MR) is 129 cm³/mol. The zero-order chi connectivity index (χ0) is 21.5. The van der Waals surface area contributed by atoms with E-state index in [2.05, 4.69) is 65.5 Å². The van der Waals surface area contributed by atoms with Gasteiger partial charge in [0, 0.05) is 46.7 Å². The predicted octanol–water partition coefficient (Wildman–Crippen LogP) is 6.13. The van der Waals surface area contributed by atoms with Crippen LogP contribution in [0.5, 0.6) is 0 Å². The van der Waals surface area contributed by atoms with Gasteiger partial charge in [0.05, 0.1) is 17.6 Å². The zero-order valence-electron chi connectivity index (χ0n) is 17.8. The SMILES string of the molecule is C=C(c1ccc2c(c1)Nc1ccccc1S2)c1cnc2c(cnn2CC2CCOCC2)c1. The summed E-state index contributed by atoms with van der Waals surface area (Å²) in [5, 5.41) is 9.22. The molecular weight excluding hydrogens is 416 g/mol. The van der Waals surface area contributed by atoms with E-state index in [1.165, 1.54) is 9.79 Å². The number of hydrogen-bond donors (Lipinski definition) is 1.